The predicted molar refractivity (Wildman–Crippen MR) is 86.0 cm³/mol. The number of hydrogen-bond acceptors (Lipinski definition) is 3. The summed E-state index contributed by atoms with van der Waals surface area (Å²) < 4.78 is 0. The average molecular weight is 282 g/mol. The fourth-order valence-electron chi connectivity index (χ4n) is 1.86. The molecule has 1 rings (SSSR count). The molecule has 2 nitrogen and oxygen atoms in total. The standard InChI is InChI=1S/C16H30N2S/c1-11(2)8-9-14-18-15(12(3)4)13(19-14)10-17-16(5,6)7/h11-12,17H,8-10H2,1-7H3. The molecule has 19 heavy (non-hydrogen) atoms. The van der Waals surface area contributed by atoms with E-state index in [-0.39, 0.29) is 5.54 Å². The molecule has 0 atom stereocenters. The van der Waals surface area contributed by atoms with E-state index in [9.17, 15) is 0 Å². The first-order chi connectivity index (χ1) is 8.69. The van der Waals surface area contributed by atoms with Gasteiger partial charge in [0.25, 0.3) is 0 Å². The van der Waals surface area contributed by atoms with Gasteiger partial charge in [-0.15, -0.1) is 11.3 Å². The highest BCUT2D eigenvalue weighted by Crippen LogP contribution is 2.27. The molecule has 0 amide bonds. The molecule has 1 heterocycles. The molecule has 0 bridgehead atoms. The molecule has 1 aromatic rings. The maximum atomic E-state index is 4.86. The van der Waals surface area contributed by atoms with Crippen LogP contribution in [-0.4, -0.2) is 10.5 Å². The van der Waals surface area contributed by atoms with Crippen molar-refractivity contribution in [3.63, 3.8) is 0 Å². The van der Waals surface area contributed by atoms with Crippen molar-refractivity contribution in [2.75, 3.05) is 0 Å². The Kier molecular flexibility index (Phi) is 6.00. The molecule has 0 fully saturated rings. The second kappa shape index (κ2) is 6.85. The van der Waals surface area contributed by atoms with Crippen LogP contribution in [0.1, 0.15) is 76.4 Å². The fraction of sp³-hybridized carbons (Fsp3) is 0.812. The van der Waals surface area contributed by atoms with Gasteiger partial charge in [0, 0.05) is 17.0 Å². The molecule has 0 saturated heterocycles. The fourth-order valence-corrected chi connectivity index (χ4v) is 3.03. The molecule has 0 aromatic carbocycles. The third-order valence-electron chi connectivity index (χ3n) is 3.03. The Bertz CT molecular complexity index is 386. The Hall–Kier alpha value is -0.410. The summed E-state index contributed by atoms with van der Waals surface area (Å²) in [6.45, 7) is 16.6. The molecule has 0 radical (unpaired) electrons. The summed E-state index contributed by atoms with van der Waals surface area (Å²) in [7, 11) is 0. The van der Waals surface area contributed by atoms with E-state index in [1.54, 1.807) is 0 Å². The Morgan fingerprint density at radius 3 is 2.26 bits per heavy atom. The molecule has 110 valence electrons. The van der Waals surface area contributed by atoms with Gasteiger partial charge < -0.3 is 5.32 Å². The van der Waals surface area contributed by atoms with Crippen molar-refractivity contribution in [2.45, 2.75) is 79.3 Å². The van der Waals surface area contributed by atoms with Gasteiger partial charge in [0.05, 0.1) is 10.7 Å². The first-order valence-corrected chi connectivity index (χ1v) is 8.24. The third kappa shape index (κ3) is 6.05. The van der Waals surface area contributed by atoms with Gasteiger partial charge in [0.2, 0.25) is 0 Å². The Morgan fingerprint density at radius 2 is 1.79 bits per heavy atom. The summed E-state index contributed by atoms with van der Waals surface area (Å²) in [5.74, 6) is 1.27. The van der Waals surface area contributed by atoms with Crippen molar-refractivity contribution in [1.82, 2.24) is 10.3 Å². The number of thiazole rings is 1. The molecule has 0 aliphatic rings. The SMILES string of the molecule is CC(C)CCc1nc(C(C)C)c(CNC(C)(C)C)s1. The third-order valence-corrected chi connectivity index (χ3v) is 4.16. The van der Waals surface area contributed by atoms with Gasteiger partial charge in [-0.1, -0.05) is 27.7 Å². The van der Waals surface area contributed by atoms with Gasteiger partial charge in [-0.25, -0.2) is 4.98 Å². The highest BCUT2D eigenvalue weighted by atomic mass is 32.1. The van der Waals surface area contributed by atoms with Gasteiger partial charge in [-0.3, -0.25) is 0 Å². The lowest BCUT2D eigenvalue weighted by molar-refractivity contribution is 0.425. The van der Waals surface area contributed by atoms with E-state index >= 15 is 0 Å². The normalized spacial score (nSPS) is 12.7. The van der Waals surface area contributed by atoms with Crippen LogP contribution in [0.15, 0.2) is 0 Å². The van der Waals surface area contributed by atoms with E-state index in [0.717, 1.165) is 18.9 Å². The van der Waals surface area contributed by atoms with E-state index < -0.39 is 0 Å². The molecule has 1 N–H and O–H groups in total. The summed E-state index contributed by atoms with van der Waals surface area (Å²) in [6, 6.07) is 0. The predicted octanol–water partition coefficient (Wildman–Crippen LogP) is 4.74. The monoisotopic (exact) mass is 282 g/mol. The van der Waals surface area contributed by atoms with E-state index in [0.29, 0.717) is 5.92 Å². The first-order valence-electron chi connectivity index (χ1n) is 7.42. The molecule has 0 spiro atoms. The van der Waals surface area contributed by atoms with Gasteiger partial charge in [0.15, 0.2) is 0 Å². The molecule has 3 heteroatoms. The molecule has 1 aromatic heterocycles. The molecular formula is C16H30N2S. The number of aryl methyl sites for hydroxylation is 1. The Labute approximate surface area is 123 Å². The zero-order valence-corrected chi connectivity index (χ0v) is 14.4. The number of nitrogens with zero attached hydrogens (tertiary/aromatic N) is 1. The minimum absolute atomic E-state index is 0.163. The highest BCUT2D eigenvalue weighted by molar-refractivity contribution is 7.11. The smallest absolute Gasteiger partial charge is 0.0931 e. The maximum absolute atomic E-state index is 4.86. The zero-order chi connectivity index (χ0) is 14.6. The lowest BCUT2D eigenvalue weighted by Crippen LogP contribution is -2.35. The van der Waals surface area contributed by atoms with E-state index in [2.05, 4.69) is 53.8 Å². The molecule has 0 saturated carbocycles. The van der Waals surface area contributed by atoms with Crippen LogP contribution in [0.4, 0.5) is 0 Å². The summed E-state index contributed by atoms with van der Waals surface area (Å²) in [4.78, 5) is 6.28. The average Bonchev–Trinajstić information content (AvgIpc) is 2.66. The van der Waals surface area contributed by atoms with E-state index in [1.807, 2.05) is 11.3 Å². The number of hydrogen-bond donors (Lipinski definition) is 1. The van der Waals surface area contributed by atoms with Crippen LogP contribution < -0.4 is 5.32 Å². The number of nitrogens with one attached hydrogen (secondary N) is 1. The largest absolute Gasteiger partial charge is 0.307 e. The van der Waals surface area contributed by atoms with E-state index in [1.165, 1.54) is 22.0 Å². The van der Waals surface area contributed by atoms with Crippen molar-refractivity contribution in [3.05, 3.63) is 15.6 Å². The summed E-state index contributed by atoms with van der Waals surface area (Å²) >= 11 is 1.90. The van der Waals surface area contributed by atoms with Gasteiger partial charge in [-0.05, 0) is 45.4 Å². The topological polar surface area (TPSA) is 24.9 Å². The Morgan fingerprint density at radius 1 is 1.16 bits per heavy atom. The summed E-state index contributed by atoms with van der Waals surface area (Å²) in [5.41, 5.74) is 1.46. The number of rotatable bonds is 6. The van der Waals surface area contributed by atoms with Crippen molar-refractivity contribution in [1.29, 1.82) is 0 Å². The quantitative estimate of drug-likeness (QED) is 0.815. The summed E-state index contributed by atoms with van der Waals surface area (Å²) in [5, 5.41) is 4.89. The molecule has 0 aliphatic heterocycles. The van der Waals surface area contributed by atoms with Gasteiger partial charge in [0.1, 0.15) is 0 Å². The Balaban J connectivity index is 2.77. The lowest BCUT2D eigenvalue weighted by atomic mass is 10.1. The van der Waals surface area contributed by atoms with Crippen LogP contribution >= 0.6 is 11.3 Å². The van der Waals surface area contributed by atoms with Crippen molar-refractivity contribution in [2.24, 2.45) is 5.92 Å². The van der Waals surface area contributed by atoms with Crippen molar-refractivity contribution >= 4 is 11.3 Å². The van der Waals surface area contributed by atoms with Crippen molar-refractivity contribution < 1.29 is 0 Å². The van der Waals surface area contributed by atoms with Crippen molar-refractivity contribution in [3.8, 4) is 0 Å². The van der Waals surface area contributed by atoms with Crippen LogP contribution in [0, 0.1) is 5.92 Å². The minimum atomic E-state index is 0.163. The van der Waals surface area contributed by atoms with Crippen LogP contribution in [0.2, 0.25) is 0 Å². The molecule has 0 unspecified atom stereocenters. The molecular weight excluding hydrogens is 252 g/mol. The highest BCUT2D eigenvalue weighted by Gasteiger charge is 2.16. The first kappa shape index (κ1) is 16.6. The lowest BCUT2D eigenvalue weighted by Gasteiger charge is -2.20. The second-order valence-corrected chi connectivity index (χ2v) is 8.27. The molecule has 0 aliphatic carbocycles. The van der Waals surface area contributed by atoms with E-state index in [4.69, 9.17) is 4.98 Å². The van der Waals surface area contributed by atoms with Crippen LogP contribution in [0.3, 0.4) is 0 Å². The zero-order valence-electron chi connectivity index (χ0n) is 13.6. The van der Waals surface area contributed by atoms with Crippen LogP contribution in [-0.2, 0) is 13.0 Å². The minimum Gasteiger partial charge on any atom is -0.307 e. The maximum Gasteiger partial charge on any atom is 0.0931 e. The second-order valence-electron chi connectivity index (χ2n) is 7.11. The van der Waals surface area contributed by atoms with Crippen LogP contribution in [0.5, 0.6) is 0 Å². The summed E-state index contributed by atoms with van der Waals surface area (Å²) in [6.07, 6.45) is 2.36. The van der Waals surface area contributed by atoms with Gasteiger partial charge >= 0.3 is 0 Å². The van der Waals surface area contributed by atoms with Gasteiger partial charge in [-0.2, -0.15) is 0 Å². The number of aromatic nitrogens is 1. The van der Waals surface area contributed by atoms with Crippen LogP contribution in [0.25, 0.3) is 0 Å².